The lowest BCUT2D eigenvalue weighted by atomic mass is 10.2. The summed E-state index contributed by atoms with van der Waals surface area (Å²) >= 11 is 0. The highest BCUT2D eigenvalue weighted by Crippen LogP contribution is 1.91. The van der Waals surface area contributed by atoms with E-state index in [2.05, 4.69) is 6.92 Å². The lowest BCUT2D eigenvalue weighted by Gasteiger charge is -1.95. The van der Waals surface area contributed by atoms with Crippen LogP contribution >= 0.6 is 0 Å². The van der Waals surface area contributed by atoms with Crippen LogP contribution in [0.3, 0.4) is 0 Å². The van der Waals surface area contributed by atoms with E-state index in [1.807, 2.05) is 6.92 Å². The van der Waals surface area contributed by atoms with Crippen LogP contribution in [0, 0.1) is 0 Å². The molecule has 0 aliphatic rings. The van der Waals surface area contributed by atoms with Crippen molar-refractivity contribution in [2.45, 2.75) is 32.8 Å². The third-order valence-electron chi connectivity index (χ3n) is 0.706. The molecule has 0 saturated heterocycles. The molecule has 0 fully saturated rings. The van der Waals surface area contributed by atoms with Gasteiger partial charge >= 0.3 is 0 Å². The molecule has 2 N–H and O–H groups in total. The molecule has 0 bridgehead atoms. The van der Waals surface area contributed by atoms with Crippen LogP contribution in [0.1, 0.15) is 26.7 Å². The molecule has 0 aliphatic heterocycles. The predicted octanol–water partition coefficient (Wildman–Crippen LogP) is 0.671. The molecular formula is C6H16O4S. The van der Waals surface area contributed by atoms with Gasteiger partial charge in [-0.25, -0.2) is 0 Å². The van der Waals surface area contributed by atoms with Crippen LogP contribution in [0.5, 0.6) is 0 Å². The fourth-order valence-corrected chi connectivity index (χ4v) is 0.418. The first-order valence-corrected chi connectivity index (χ1v) is 5.22. The number of aliphatic hydroxyl groups excluding tert-OH is 1. The molecular weight excluding hydrogens is 168 g/mol. The molecule has 0 heterocycles. The van der Waals surface area contributed by atoms with Gasteiger partial charge in [0.15, 0.2) is 0 Å². The van der Waals surface area contributed by atoms with Gasteiger partial charge in [-0.05, 0) is 13.3 Å². The third kappa shape index (κ3) is 74.2. The third-order valence-corrected chi connectivity index (χ3v) is 0.706. The van der Waals surface area contributed by atoms with Gasteiger partial charge in [0, 0.05) is 0 Å². The average Bonchev–Trinajstić information content (AvgIpc) is 1.58. The minimum atomic E-state index is -3.67. The van der Waals surface area contributed by atoms with Crippen molar-refractivity contribution < 1.29 is 18.1 Å². The van der Waals surface area contributed by atoms with Crippen molar-refractivity contribution in [3.63, 3.8) is 0 Å². The van der Waals surface area contributed by atoms with Crippen LogP contribution in [0.25, 0.3) is 0 Å². The van der Waals surface area contributed by atoms with Crippen LogP contribution in [-0.4, -0.2) is 30.4 Å². The second-order valence-electron chi connectivity index (χ2n) is 2.37. The molecule has 0 saturated carbocycles. The van der Waals surface area contributed by atoms with Crippen molar-refractivity contribution in [3.8, 4) is 0 Å². The van der Waals surface area contributed by atoms with E-state index in [1.165, 1.54) is 0 Å². The highest BCUT2D eigenvalue weighted by atomic mass is 32.2. The summed E-state index contributed by atoms with van der Waals surface area (Å²) in [6.07, 6.45) is 2.62. The summed E-state index contributed by atoms with van der Waals surface area (Å²) in [7, 11) is -3.67. The summed E-state index contributed by atoms with van der Waals surface area (Å²) in [6.45, 7) is 3.87. The van der Waals surface area contributed by atoms with Gasteiger partial charge in [-0.15, -0.1) is 0 Å². The van der Waals surface area contributed by atoms with Crippen LogP contribution in [0.4, 0.5) is 0 Å². The molecule has 1 atom stereocenters. The van der Waals surface area contributed by atoms with E-state index in [-0.39, 0.29) is 6.10 Å². The fraction of sp³-hybridized carbons (Fsp3) is 1.00. The van der Waals surface area contributed by atoms with Crippen molar-refractivity contribution in [1.82, 2.24) is 0 Å². The first-order valence-electron chi connectivity index (χ1n) is 3.38. The summed E-state index contributed by atoms with van der Waals surface area (Å²) in [5, 5.41) is 8.55. The van der Waals surface area contributed by atoms with Crippen LogP contribution < -0.4 is 0 Å². The standard InChI is InChI=1S/C5H12O.CH4O3S/c1-3-4-5(2)6;1-5(2,3)4/h5-6H,3-4H2,1-2H3;1H3,(H,2,3,4). The first-order chi connectivity index (χ1) is 4.77. The summed E-state index contributed by atoms with van der Waals surface area (Å²) in [5.74, 6) is 0. The molecule has 0 aromatic heterocycles. The molecule has 11 heavy (non-hydrogen) atoms. The molecule has 0 radical (unpaired) electrons. The van der Waals surface area contributed by atoms with E-state index in [4.69, 9.17) is 9.66 Å². The number of hydrogen-bond donors (Lipinski definition) is 2. The molecule has 0 amide bonds. The fourth-order valence-electron chi connectivity index (χ4n) is 0.418. The molecule has 1 unspecified atom stereocenters. The average molecular weight is 184 g/mol. The van der Waals surface area contributed by atoms with Crippen LogP contribution in [0.15, 0.2) is 0 Å². The summed E-state index contributed by atoms with van der Waals surface area (Å²) in [6, 6.07) is 0. The SMILES string of the molecule is CCCC(C)O.CS(=O)(=O)O. The van der Waals surface area contributed by atoms with Crippen molar-refractivity contribution in [2.24, 2.45) is 0 Å². The van der Waals surface area contributed by atoms with Gasteiger partial charge in [-0.2, -0.15) is 8.42 Å². The van der Waals surface area contributed by atoms with Crippen molar-refractivity contribution in [1.29, 1.82) is 0 Å². The maximum Gasteiger partial charge on any atom is 0.261 e. The largest absolute Gasteiger partial charge is 0.393 e. The first kappa shape index (κ1) is 13.5. The molecule has 4 nitrogen and oxygen atoms in total. The van der Waals surface area contributed by atoms with Gasteiger partial charge in [0.2, 0.25) is 0 Å². The Hall–Kier alpha value is -0.130. The molecule has 0 aromatic carbocycles. The van der Waals surface area contributed by atoms with Crippen molar-refractivity contribution in [3.05, 3.63) is 0 Å². The molecule has 0 aromatic rings. The quantitative estimate of drug-likeness (QED) is 0.618. The number of aliphatic hydroxyl groups is 1. The van der Waals surface area contributed by atoms with Gasteiger partial charge in [-0.3, -0.25) is 4.55 Å². The van der Waals surface area contributed by atoms with E-state index in [0.29, 0.717) is 6.26 Å². The molecule has 0 rings (SSSR count). The zero-order valence-corrected chi connectivity index (χ0v) is 7.93. The van der Waals surface area contributed by atoms with Gasteiger partial charge < -0.3 is 5.11 Å². The Morgan fingerprint density at radius 2 is 1.73 bits per heavy atom. The summed E-state index contributed by atoms with van der Waals surface area (Å²) in [4.78, 5) is 0. The maximum atomic E-state index is 9.19. The molecule has 0 aliphatic carbocycles. The Morgan fingerprint density at radius 1 is 1.45 bits per heavy atom. The van der Waals surface area contributed by atoms with E-state index >= 15 is 0 Å². The van der Waals surface area contributed by atoms with Gasteiger partial charge in [-0.1, -0.05) is 13.3 Å². The van der Waals surface area contributed by atoms with Gasteiger partial charge in [0.1, 0.15) is 0 Å². The molecule has 5 heteroatoms. The Kier molecular flexibility index (Phi) is 8.04. The second kappa shape index (κ2) is 6.57. The minimum absolute atomic E-state index is 0.102. The summed E-state index contributed by atoms with van der Waals surface area (Å²) < 4.78 is 25.9. The highest BCUT2D eigenvalue weighted by Gasteiger charge is 1.87. The molecule has 70 valence electrons. The van der Waals surface area contributed by atoms with Gasteiger partial charge in [0.05, 0.1) is 12.4 Å². The van der Waals surface area contributed by atoms with Crippen LogP contribution in [0.2, 0.25) is 0 Å². The zero-order valence-electron chi connectivity index (χ0n) is 7.11. The van der Waals surface area contributed by atoms with E-state index < -0.39 is 10.1 Å². The van der Waals surface area contributed by atoms with E-state index in [0.717, 1.165) is 12.8 Å². The second-order valence-corrected chi connectivity index (χ2v) is 3.84. The zero-order chi connectivity index (χ0) is 9.49. The number of hydrogen-bond acceptors (Lipinski definition) is 3. The monoisotopic (exact) mass is 184 g/mol. The Balaban J connectivity index is 0. The summed E-state index contributed by atoms with van der Waals surface area (Å²) in [5.41, 5.74) is 0. The number of rotatable bonds is 2. The molecule has 0 spiro atoms. The van der Waals surface area contributed by atoms with Crippen LogP contribution in [-0.2, 0) is 10.1 Å². The van der Waals surface area contributed by atoms with E-state index in [9.17, 15) is 8.42 Å². The predicted molar refractivity (Wildman–Crippen MR) is 44.1 cm³/mol. The Bertz CT molecular complexity index is 151. The van der Waals surface area contributed by atoms with Crippen molar-refractivity contribution >= 4 is 10.1 Å². The lowest BCUT2D eigenvalue weighted by Crippen LogP contribution is -1.95. The lowest BCUT2D eigenvalue weighted by molar-refractivity contribution is 0.183. The topological polar surface area (TPSA) is 74.6 Å². The minimum Gasteiger partial charge on any atom is -0.393 e. The Labute approximate surface area is 68.0 Å². The Morgan fingerprint density at radius 3 is 1.73 bits per heavy atom. The van der Waals surface area contributed by atoms with Gasteiger partial charge in [0.25, 0.3) is 10.1 Å². The van der Waals surface area contributed by atoms with Crippen molar-refractivity contribution in [2.75, 3.05) is 6.26 Å². The maximum absolute atomic E-state index is 9.19. The highest BCUT2D eigenvalue weighted by molar-refractivity contribution is 7.85. The normalized spacial score (nSPS) is 13.2. The van der Waals surface area contributed by atoms with E-state index in [1.54, 1.807) is 0 Å². The smallest absolute Gasteiger partial charge is 0.261 e.